The van der Waals surface area contributed by atoms with E-state index in [1.807, 2.05) is 30.3 Å². The minimum Gasteiger partial charge on any atom is -0.481 e. The van der Waals surface area contributed by atoms with Gasteiger partial charge >= 0.3 is 18.2 Å². The van der Waals surface area contributed by atoms with Crippen LogP contribution in [-0.4, -0.2) is 34.7 Å². The van der Waals surface area contributed by atoms with Crippen LogP contribution in [0, 0.1) is 0 Å². The Morgan fingerprint density at radius 1 is 1.10 bits per heavy atom. The van der Waals surface area contributed by atoms with Gasteiger partial charge in [-0.05, 0) is 42.5 Å². The number of carboxylic acids is 1. The Balaban J connectivity index is 1.67. The predicted octanol–water partition coefficient (Wildman–Crippen LogP) is 5.06. The highest BCUT2D eigenvalue weighted by Gasteiger charge is 2.35. The van der Waals surface area contributed by atoms with Gasteiger partial charge < -0.3 is 14.7 Å². The van der Waals surface area contributed by atoms with Crippen LogP contribution in [0.25, 0.3) is 0 Å². The van der Waals surface area contributed by atoms with Crippen molar-refractivity contribution in [1.29, 1.82) is 0 Å². The normalized spacial score (nSPS) is 17.6. The number of carbonyl (C=O) groups is 2. The van der Waals surface area contributed by atoms with E-state index in [-0.39, 0.29) is 24.6 Å². The summed E-state index contributed by atoms with van der Waals surface area (Å²) in [5.41, 5.74) is 0.289. The number of ether oxygens (including phenoxy) is 1. The molecule has 0 spiro atoms. The van der Waals surface area contributed by atoms with Gasteiger partial charge in [0.2, 0.25) is 0 Å². The molecule has 1 saturated heterocycles. The second-order valence-corrected chi connectivity index (χ2v) is 7.28. The maximum atomic E-state index is 12.8. The van der Waals surface area contributed by atoms with Gasteiger partial charge in [0, 0.05) is 12.6 Å². The van der Waals surface area contributed by atoms with Crippen LogP contribution in [0.2, 0.25) is 0 Å². The first-order chi connectivity index (χ1) is 14.3. The number of likely N-dealkylation sites (tertiary alicyclic amines) is 1. The highest BCUT2D eigenvalue weighted by atomic mass is 19.4. The zero-order chi connectivity index (χ0) is 21.7. The second kappa shape index (κ2) is 9.19. The van der Waals surface area contributed by atoms with Gasteiger partial charge in [-0.15, -0.1) is 0 Å². The van der Waals surface area contributed by atoms with E-state index in [1.54, 1.807) is 0 Å². The standard InChI is InChI=1S/C22H22F3NO4/c23-22(24,25)17-10-8-16(9-11-17)19(20(27)28)13-18-7-4-12-26(18)21(29)30-14-15-5-2-1-3-6-15/h1-3,5-6,8-11,18-19H,4,7,12-14H2,(H,27,28). The van der Waals surface area contributed by atoms with Crippen LogP contribution in [-0.2, 0) is 22.3 Å². The molecule has 0 aromatic heterocycles. The molecule has 3 rings (SSSR count). The highest BCUT2D eigenvalue weighted by molar-refractivity contribution is 5.76. The van der Waals surface area contributed by atoms with Crippen LogP contribution in [0.15, 0.2) is 54.6 Å². The van der Waals surface area contributed by atoms with Gasteiger partial charge in [0.1, 0.15) is 6.61 Å². The minimum atomic E-state index is -4.48. The van der Waals surface area contributed by atoms with Crippen LogP contribution in [0.1, 0.15) is 41.9 Å². The fourth-order valence-electron chi connectivity index (χ4n) is 3.68. The first-order valence-electron chi connectivity index (χ1n) is 9.63. The van der Waals surface area contributed by atoms with Crippen LogP contribution >= 0.6 is 0 Å². The van der Waals surface area contributed by atoms with Gasteiger partial charge in [-0.3, -0.25) is 4.79 Å². The number of halogens is 3. The molecule has 1 amide bonds. The Morgan fingerprint density at radius 2 is 1.77 bits per heavy atom. The van der Waals surface area contributed by atoms with E-state index in [1.165, 1.54) is 17.0 Å². The number of alkyl halides is 3. The van der Waals surface area contributed by atoms with Crippen LogP contribution in [0.5, 0.6) is 0 Å². The van der Waals surface area contributed by atoms with E-state index >= 15 is 0 Å². The van der Waals surface area contributed by atoms with Crippen molar-refractivity contribution in [1.82, 2.24) is 4.90 Å². The summed E-state index contributed by atoms with van der Waals surface area (Å²) in [6.45, 7) is 0.571. The lowest BCUT2D eigenvalue weighted by atomic mass is 9.90. The van der Waals surface area contributed by atoms with E-state index < -0.39 is 29.7 Å². The highest BCUT2D eigenvalue weighted by Crippen LogP contribution is 2.33. The smallest absolute Gasteiger partial charge is 0.416 e. The lowest BCUT2D eigenvalue weighted by Crippen LogP contribution is -2.37. The van der Waals surface area contributed by atoms with Gasteiger partial charge in [-0.25, -0.2) is 4.79 Å². The molecular weight excluding hydrogens is 399 g/mol. The van der Waals surface area contributed by atoms with Gasteiger partial charge in [-0.2, -0.15) is 13.2 Å². The Morgan fingerprint density at radius 3 is 2.37 bits per heavy atom. The summed E-state index contributed by atoms with van der Waals surface area (Å²) in [6.07, 6.45) is -3.56. The van der Waals surface area contributed by atoms with Gasteiger partial charge in [0.15, 0.2) is 0 Å². The van der Waals surface area contributed by atoms with Crippen molar-refractivity contribution in [3.05, 3.63) is 71.3 Å². The van der Waals surface area contributed by atoms with Crippen LogP contribution in [0.3, 0.4) is 0 Å². The lowest BCUT2D eigenvalue weighted by Gasteiger charge is -2.26. The Hall–Kier alpha value is -3.03. The number of nitrogens with zero attached hydrogens (tertiary/aromatic N) is 1. The van der Waals surface area contributed by atoms with E-state index in [9.17, 15) is 27.9 Å². The molecule has 0 saturated carbocycles. The lowest BCUT2D eigenvalue weighted by molar-refractivity contribution is -0.139. The molecule has 1 aliphatic rings. The monoisotopic (exact) mass is 421 g/mol. The topological polar surface area (TPSA) is 66.8 Å². The average Bonchev–Trinajstić information content (AvgIpc) is 3.19. The van der Waals surface area contributed by atoms with Gasteiger partial charge in [0.25, 0.3) is 0 Å². The van der Waals surface area contributed by atoms with Gasteiger partial charge in [-0.1, -0.05) is 42.5 Å². The summed E-state index contributed by atoms with van der Waals surface area (Å²) >= 11 is 0. The van der Waals surface area contributed by atoms with Crippen molar-refractivity contribution in [3.63, 3.8) is 0 Å². The van der Waals surface area contributed by atoms with Crippen molar-refractivity contribution in [2.24, 2.45) is 0 Å². The summed E-state index contributed by atoms with van der Waals surface area (Å²) in [5.74, 6) is -2.15. The fourth-order valence-corrected chi connectivity index (χ4v) is 3.68. The maximum absolute atomic E-state index is 12.8. The number of amides is 1. The molecule has 0 aliphatic carbocycles. The van der Waals surface area contributed by atoms with E-state index in [0.29, 0.717) is 19.4 Å². The van der Waals surface area contributed by atoms with Crippen molar-refractivity contribution < 1.29 is 32.6 Å². The predicted molar refractivity (Wildman–Crippen MR) is 103 cm³/mol. The fraction of sp³-hybridized carbons (Fsp3) is 0.364. The third-order valence-corrected chi connectivity index (χ3v) is 5.26. The molecule has 0 radical (unpaired) electrons. The summed E-state index contributed by atoms with van der Waals surface area (Å²) in [6, 6.07) is 13.0. The number of aliphatic carboxylic acids is 1. The number of rotatable bonds is 6. The maximum Gasteiger partial charge on any atom is 0.416 e. The summed E-state index contributed by atoms with van der Waals surface area (Å²) in [7, 11) is 0. The second-order valence-electron chi connectivity index (χ2n) is 7.28. The summed E-state index contributed by atoms with van der Waals surface area (Å²) in [4.78, 5) is 25.8. The molecule has 0 bridgehead atoms. The molecule has 1 heterocycles. The first kappa shape index (κ1) is 21.7. The summed E-state index contributed by atoms with van der Waals surface area (Å²) < 4.78 is 43.7. The number of hydrogen-bond acceptors (Lipinski definition) is 3. The third-order valence-electron chi connectivity index (χ3n) is 5.26. The molecule has 8 heteroatoms. The minimum absolute atomic E-state index is 0.112. The molecule has 30 heavy (non-hydrogen) atoms. The molecule has 5 nitrogen and oxygen atoms in total. The first-order valence-corrected chi connectivity index (χ1v) is 9.63. The zero-order valence-electron chi connectivity index (χ0n) is 16.1. The molecule has 1 N–H and O–H groups in total. The van der Waals surface area contributed by atoms with E-state index in [0.717, 1.165) is 17.7 Å². The van der Waals surface area contributed by atoms with Gasteiger partial charge in [0.05, 0.1) is 11.5 Å². The van der Waals surface area contributed by atoms with Crippen molar-refractivity contribution in [2.45, 2.75) is 44.0 Å². The van der Waals surface area contributed by atoms with Crippen LogP contribution < -0.4 is 0 Å². The van der Waals surface area contributed by atoms with Crippen molar-refractivity contribution in [2.75, 3.05) is 6.54 Å². The molecule has 160 valence electrons. The van der Waals surface area contributed by atoms with Crippen molar-refractivity contribution >= 4 is 12.1 Å². The molecule has 1 aliphatic heterocycles. The van der Waals surface area contributed by atoms with E-state index in [4.69, 9.17) is 4.74 Å². The quantitative estimate of drug-likeness (QED) is 0.708. The molecule has 2 aromatic carbocycles. The third kappa shape index (κ3) is 5.31. The molecule has 2 atom stereocenters. The Labute approximate surface area is 172 Å². The zero-order valence-corrected chi connectivity index (χ0v) is 16.1. The molecular formula is C22H22F3NO4. The number of benzene rings is 2. The summed E-state index contributed by atoms with van der Waals surface area (Å²) in [5, 5.41) is 9.64. The molecule has 2 unspecified atom stereocenters. The molecule has 1 fully saturated rings. The Bertz CT molecular complexity index is 868. The SMILES string of the molecule is O=C(O)C(CC1CCCN1C(=O)OCc1ccccc1)c1ccc(C(F)(F)F)cc1. The Kier molecular flexibility index (Phi) is 6.64. The van der Waals surface area contributed by atoms with Crippen molar-refractivity contribution in [3.8, 4) is 0 Å². The number of hydrogen-bond donors (Lipinski definition) is 1. The van der Waals surface area contributed by atoms with Crippen LogP contribution in [0.4, 0.5) is 18.0 Å². The average molecular weight is 421 g/mol. The molecule has 2 aromatic rings. The number of carboxylic acid groups (broad SMARTS) is 1. The number of carbonyl (C=O) groups excluding carboxylic acids is 1. The largest absolute Gasteiger partial charge is 0.481 e. The van der Waals surface area contributed by atoms with E-state index in [2.05, 4.69) is 0 Å².